The molecule has 3 rings (SSSR count). The Morgan fingerprint density at radius 3 is 2.52 bits per heavy atom. The highest BCUT2D eigenvalue weighted by Gasteiger charge is 2.22. The standard InChI is InChI=1S/C21H25N3O3/c1-16-15-19(8-9-20(16)24(26)27)23-13-11-18(12-14-23)22-21(25)10-7-17-5-3-2-4-6-17/h2-6,8-9,15,18H,7,10-14H2,1H3,(H,22,25). The van der Waals surface area contributed by atoms with Crippen LogP contribution in [0.15, 0.2) is 48.5 Å². The second-order valence-electron chi connectivity index (χ2n) is 7.04. The Balaban J connectivity index is 1.46. The molecule has 1 heterocycles. The maximum atomic E-state index is 12.2. The number of benzene rings is 2. The topological polar surface area (TPSA) is 75.5 Å². The van der Waals surface area contributed by atoms with E-state index in [0.717, 1.165) is 38.0 Å². The molecule has 0 spiro atoms. The molecule has 27 heavy (non-hydrogen) atoms. The Labute approximate surface area is 159 Å². The molecule has 0 radical (unpaired) electrons. The van der Waals surface area contributed by atoms with Gasteiger partial charge in [-0.05, 0) is 43.9 Å². The summed E-state index contributed by atoms with van der Waals surface area (Å²) in [6, 6.07) is 15.5. The van der Waals surface area contributed by atoms with E-state index in [9.17, 15) is 14.9 Å². The van der Waals surface area contributed by atoms with Crippen LogP contribution >= 0.6 is 0 Å². The lowest BCUT2D eigenvalue weighted by Crippen LogP contribution is -2.44. The number of amides is 1. The third-order valence-corrected chi connectivity index (χ3v) is 5.09. The van der Waals surface area contributed by atoms with E-state index >= 15 is 0 Å². The van der Waals surface area contributed by atoms with Crippen LogP contribution in [-0.4, -0.2) is 30.0 Å². The second kappa shape index (κ2) is 8.66. The first kappa shape index (κ1) is 18.9. The smallest absolute Gasteiger partial charge is 0.272 e. The fourth-order valence-corrected chi connectivity index (χ4v) is 3.53. The molecule has 1 amide bonds. The number of nitrogens with one attached hydrogen (secondary N) is 1. The first-order chi connectivity index (χ1) is 13.0. The van der Waals surface area contributed by atoms with Crippen molar-refractivity contribution in [2.45, 2.75) is 38.6 Å². The van der Waals surface area contributed by atoms with E-state index in [1.165, 1.54) is 5.56 Å². The van der Waals surface area contributed by atoms with Crippen molar-refractivity contribution < 1.29 is 9.72 Å². The molecule has 1 aliphatic heterocycles. The van der Waals surface area contributed by atoms with Crippen molar-refractivity contribution in [3.63, 3.8) is 0 Å². The summed E-state index contributed by atoms with van der Waals surface area (Å²) in [5.41, 5.74) is 3.01. The zero-order valence-electron chi connectivity index (χ0n) is 15.6. The molecule has 1 fully saturated rings. The van der Waals surface area contributed by atoms with Crippen LogP contribution in [0.4, 0.5) is 11.4 Å². The molecule has 1 saturated heterocycles. The van der Waals surface area contributed by atoms with E-state index in [0.29, 0.717) is 12.0 Å². The summed E-state index contributed by atoms with van der Waals surface area (Å²) in [6.07, 6.45) is 3.03. The molecule has 0 aliphatic carbocycles. The van der Waals surface area contributed by atoms with Gasteiger partial charge in [0.15, 0.2) is 0 Å². The van der Waals surface area contributed by atoms with Crippen molar-refractivity contribution in [2.24, 2.45) is 0 Å². The van der Waals surface area contributed by atoms with Crippen LogP contribution in [0, 0.1) is 17.0 Å². The minimum atomic E-state index is -0.351. The lowest BCUT2D eigenvalue weighted by atomic mass is 10.0. The predicted molar refractivity (Wildman–Crippen MR) is 106 cm³/mol. The third-order valence-electron chi connectivity index (χ3n) is 5.09. The fraction of sp³-hybridized carbons (Fsp3) is 0.381. The molecule has 1 N–H and O–H groups in total. The molecule has 6 nitrogen and oxygen atoms in total. The minimum Gasteiger partial charge on any atom is -0.371 e. The summed E-state index contributed by atoms with van der Waals surface area (Å²) < 4.78 is 0. The van der Waals surface area contributed by atoms with Gasteiger partial charge in [-0.1, -0.05) is 30.3 Å². The Morgan fingerprint density at radius 1 is 1.19 bits per heavy atom. The van der Waals surface area contributed by atoms with Crippen LogP contribution in [0.25, 0.3) is 0 Å². The van der Waals surface area contributed by atoms with Gasteiger partial charge in [0, 0.05) is 42.9 Å². The van der Waals surface area contributed by atoms with Crippen molar-refractivity contribution in [3.8, 4) is 0 Å². The Morgan fingerprint density at radius 2 is 1.89 bits per heavy atom. The Bertz CT molecular complexity index is 800. The SMILES string of the molecule is Cc1cc(N2CCC(NC(=O)CCc3ccccc3)CC2)ccc1[N+](=O)[O-]. The number of nitro benzene ring substituents is 1. The van der Waals surface area contributed by atoms with Crippen LogP contribution in [0.3, 0.4) is 0 Å². The summed E-state index contributed by atoms with van der Waals surface area (Å²) in [5.74, 6) is 0.100. The lowest BCUT2D eigenvalue weighted by Gasteiger charge is -2.34. The van der Waals surface area contributed by atoms with Crippen molar-refractivity contribution >= 4 is 17.3 Å². The average Bonchev–Trinajstić information content (AvgIpc) is 2.67. The third kappa shape index (κ3) is 5.06. The van der Waals surface area contributed by atoms with E-state index in [1.807, 2.05) is 42.5 Å². The molecule has 1 aliphatic rings. The number of carbonyl (C=O) groups is 1. The number of hydrogen-bond donors (Lipinski definition) is 1. The van der Waals surface area contributed by atoms with E-state index in [2.05, 4.69) is 10.2 Å². The van der Waals surface area contributed by atoms with Crippen LogP contribution in [0.1, 0.15) is 30.4 Å². The number of rotatable bonds is 6. The molecule has 2 aromatic carbocycles. The number of nitrogens with zero attached hydrogens (tertiary/aromatic N) is 2. The molecule has 6 heteroatoms. The van der Waals surface area contributed by atoms with Gasteiger partial charge in [0.2, 0.25) is 5.91 Å². The quantitative estimate of drug-likeness (QED) is 0.625. The fourth-order valence-electron chi connectivity index (χ4n) is 3.53. The number of anilines is 1. The van der Waals surface area contributed by atoms with E-state index < -0.39 is 0 Å². The molecular weight excluding hydrogens is 342 g/mol. The summed E-state index contributed by atoms with van der Waals surface area (Å²) in [4.78, 5) is 25.0. The van der Waals surface area contributed by atoms with Gasteiger partial charge < -0.3 is 10.2 Å². The average molecular weight is 367 g/mol. The van der Waals surface area contributed by atoms with Crippen LogP contribution in [0.2, 0.25) is 0 Å². The summed E-state index contributed by atoms with van der Waals surface area (Å²) in [7, 11) is 0. The molecule has 0 atom stereocenters. The highest BCUT2D eigenvalue weighted by Crippen LogP contribution is 2.26. The van der Waals surface area contributed by atoms with Crippen molar-refractivity contribution in [1.29, 1.82) is 0 Å². The van der Waals surface area contributed by atoms with Crippen molar-refractivity contribution in [3.05, 3.63) is 69.8 Å². The molecule has 0 aromatic heterocycles. The van der Waals surface area contributed by atoms with Crippen LogP contribution in [0.5, 0.6) is 0 Å². The summed E-state index contributed by atoms with van der Waals surface area (Å²) >= 11 is 0. The molecule has 0 saturated carbocycles. The van der Waals surface area contributed by atoms with Crippen LogP contribution in [-0.2, 0) is 11.2 Å². The Hall–Kier alpha value is -2.89. The van der Waals surface area contributed by atoms with E-state index in [1.54, 1.807) is 13.0 Å². The summed E-state index contributed by atoms with van der Waals surface area (Å²) in [6.45, 7) is 3.43. The van der Waals surface area contributed by atoms with Gasteiger partial charge in [-0.3, -0.25) is 14.9 Å². The van der Waals surface area contributed by atoms with Gasteiger partial charge in [0.25, 0.3) is 5.69 Å². The normalized spacial score (nSPS) is 14.8. The Kier molecular flexibility index (Phi) is 6.06. The lowest BCUT2D eigenvalue weighted by molar-refractivity contribution is -0.385. The number of aryl methyl sites for hydroxylation is 2. The zero-order valence-corrected chi connectivity index (χ0v) is 15.6. The van der Waals surface area contributed by atoms with E-state index in [-0.39, 0.29) is 22.6 Å². The molecule has 142 valence electrons. The minimum absolute atomic E-state index is 0.100. The van der Waals surface area contributed by atoms with Crippen molar-refractivity contribution in [2.75, 3.05) is 18.0 Å². The van der Waals surface area contributed by atoms with Gasteiger partial charge in [-0.25, -0.2) is 0 Å². The number of nitro groups is 1. The maximum absolute atomic E-state index is 12.2. The molecule has 0 unspecified atom stereocenters. The molecule has 2 aromatic rings. The van der Waals surface area contributed by atoms with Gasteiger partial charge in [-0.15, -0.1) is 0 Å². The predicted octanol–water partition coefficient (Wildman–Crippen LogP) is 3.62. The van der Waals surface area contributed by atoms with Crippen LogP contribution < -0.4 is 10.2 Å². The molecule has 0 bridgehead atoms. The maximum Gasteiger partial charge on any atom is 0.272 e. The van der Waals surface area contributed by atoms with Gasteiger partial charge in [0.05, 0.1) is 4.92 Å². The first-order valence-electron chi connectivity index (χ1n) is 9.36. The van der Waals surface area contributed by atoms with Gasteiger partial charge in [-0.2, -0.15) is 0 Å². The molecular formula is C21H25N3O3. The number of piperidine rings is 1. The first-order valence-corrected chi connectivity index (χ1v) is 9.36. The highest BCUT2D eigenvalue weighted by atomic mass is 16.6. The number of hydrogen-bond acceptors (Lipinski definition) is 4. The van der Waals surface area contributed by atoms with E-state index in [4.69, 9.17) is 0 Å². The van der Waals surface area contributed by atoms with Gasteiger partial charge in [0.1, 0.15) is 0 Å². The summed E-state index contributed by atoms with van der Waals surface area (Å²) in [5, 5.41) is 14.1. The number of carbonyl (C=O) groups excluding carboxylic acids is 1. The zero-order chi connectivity index (χ0) is 19.2. The monoisotopic (exact) mass is 367 g/mol. The largest absolute Gasteiger partial charge is 0.371 e. The second-order valence-corrected chi connectivity index (χ2v) is 7.04. The van der Waals surface area contributed by atoms with Crippen molar-refractivity contribution in [1.82, 2.24) is 5.32 Å². The van der Waals surface area contributed by atoms with Gasteiger partial charge >= 0.3 is 0 Å². The highest BCUT2D eigenvalue weighted by molar-refractivity contribution is 5.76.